The largest absolute Gasteiger partial charge is 0.103 e. The molecule has 0 bridgehead atoms. The van der Waals surface area contributed by atoms with Gasteiger partial charge in [-0.25, -0.2) is 0 Å². The van der Waals surface area contributed by atoms with E-state index < -0.39 is 0 Å². The van der Waals surface area contributed by atoms with Gasteiger partial charge < -0.3 is 0 Å². The Labute approximate surface area is 71.4 Å². The normalized spacial score (nSPS) is 8.91. The van der Waals surface area contributed by atoms with Crippen LogP contribution < -0.4 is 0 Å². The zero-order chi connectivity index (χ0) is 8.36. The van der Waals surface area contributed by atoms with Gasteiger partial charge in [-0.2, -0.15) is 0 Å². The average Bonchev–Trinajstić information content (AvgIpc) is 2.03. The van der Waals surface area contributed by atoms with Crippen molar-refractivity contribution in [1.82, 2.24) is 0 Å². The third kappa shape index (κ3) is 9.56. The highest BCUT2D eigenvalue weighted by Crippen LogP contribution is 2.05. The molecule has 0 amide bonds. The topological polar surface area (TPSA) is 0 Å². The highest BCUT2D eigenvalue weighted by molar-refractivity contribution is 5.00. The number of hydrogen-bond donors (Lipinski definition) is 0. The third-order valence-corrected chi connectivity index (χ3v) is 1.78. The standard InChI is InChI=1S/C11H19/c1-3-5-7-9-11-10-8-6-4-2/h1,4,6-11H2,2H3. The first kappa shape index (κ1) is 10.6. The molecule has 0 saturated carbocycles. The summed E-state index contributed by atoms with van der Waals surface area (Å²) < 4.78 is 0. The minimum Gasteiger partial charge on any atom is -0.103 e. The van der Waals surface area contributed by atoms with Crippen LogP contribution in [0.5, 0.6) is 0 Å². The van der Waals surface area contributed by atoms with Crippen LogP contribution >= 0.6 is 0 Å². The lowest BCUT2D eigenvalue weighted by atomic mass is 10.1. The minimum absolute atomic E-state index is 1.04. The molecule has 11 heavy (non-hydrogen) atoms. The number of unbranched alkanes of at least 4 members (excludes halogenated alkanes) is 6. The lowest BCUT2D eigenvalue weighted by molar-refractivity contribution is 0.614. The van der Waals surface area contributed by atoms with Crippen LogP contribution in [0.15, 0.2) is 0 Å². The van der Waals surface area contributed by atoms with E-state index in [0.717, 1.165) is 6.42 Å². The second kappa shape index (κ2) is 9.56. The smallest absolute Gasteiger partial charge is 0.0198 e. The van der Waals surface area contributed by atoms with Gasteiger partial charge in [-0.3, -0.25) is 0 Å². The van der Waals surface area contributed by atoms with Crippen molar-refractivity contribution in [3.05, 3.63) is 6.92 Å². The minimum atomic E-state index is 1.04. The average molecular weight is 151 g/mol. The van der Waals surface area contributed by atoms with Gasteiger partial charge in [0.25, 0.3) is 0 Å². The third-order valence-electron chi connectivity index (χ3n) is 1.78. The lowest BCUT2D eigenvalue weighted by Gasteiger charge is -1.96. The molecule has 0 aliphatic rings. The van der Waals surface area contributed by atoms with Gasteiger partial charge in [0.15, 0.2) is 0 Å². The maximum atomic E-state index is 3.47. The molecule has 0 aliphatic heterocycles. The second-order valence-corrected chi connectivity index (χ2v) is 2.87. The van der Waals surface area contributed by atoms with Crippen molar-refractivity contribution in [3.8, 4) is 11.8 Å². The van der Waals surface area contributed by atoms with Crippen LogP contribution in [-0.4, -0.2) is 0 Å². The quantitative estimate of drug-likeness (QED) is 0.402. The molecule has 0 saturated heterocycles. The van der Waals surface area contributed by atoms with Crippen molar-refractivity contribution >= 4 is 0 Å². The molecule has 0 nitrogen and oxygen atoms in total. The summed E-state index contributed by atoms with van der Waals surface area (Å²) in [5.74, 6) is 5.65. The Bertz CT molecular complexity index is 114. The molecule has 0 heteroatoms. The molecule has 0 unspecified atom stereocenters. The summed E-state index contributed by atoms with van der Waals surface area (Å²) in [5.41, 5.74) is 0. The Hall–Kier alpha value is -0.440. The van der Waals surface area contributed by atoms with Crippen LogP contribution in [0.3, 0.4) is 0 Å². The SMILES string of the molecule is [CH2]C#CCCCCCCCC. The van der Waals surface area contributed by atoms with E-state index >= 15 is 0 Å². The molecular formula is C11H19. The molecule has 63 valence electrons. The fraction of sp³-hybridized carbons (Fsp3) is 0.727. The summed E-state index contributed by atoms with van der Waals surface area (Å²) in [6, 6.07) is 0. The summed E-state index contributed by atoms with van der Waals surface area (Å²) in [6.07, 6.45) is 9.14. The molecule has 0 N–H and O–H groups in total. The fourth-order valence-corrected chi connectivity index (χ4v) is 1.08. The van der Waals surface area contributed by atoms with Gasteiger partial charge in [0.2, 0.25) is 0 Å². The van der Waals surface area contributed by atoms with Gasteiger partial charge in [0, 0.05) is 13.3 Å². The lowest BCUT2D eigenvalue weighted by Crippen LogP contribution is -1.77. The van der Waals surface area contributed by atoms with Crippen LogP contribution in [0.25, 0.3) is 0 Å². The van der Waals surface area contributed by atoms with Gasteiger partial charge in [-0.05, 0) is 6.42 Å². The molecule has 0 aliphatic carbocycles. The molecule has 0 fully saturated rings. The highest BCUT2D eigenvalue weighted by atomic mass is 13.9. The van der Waals surface area contributed by atoms with Crippen molar-refractivity contribution in [3.63, 3.8) is 0 Å². The summed E-state index contributed by atoms with van der Waals surface area (Å²) in [5, 5.41) is 0. The summed E-state index contributed by atoms with van der Waals surface area (Å²) in [7, 11) is 0. The van der Waals surface area contributed by atoms with E-state index in [0.29, 0.717) is 0 Å². The van der Waals surface area contributed by atoms with E-state index in [1.54, 1.807) is 0 Å². The summed E-state index contributed by atoms with van der Waals surface area (Å²) >= 11 is 0. The molecule has 0 spiro atoms. The van der Waals surface area contributed by atoms with Crippen molar-refractivity contribution in [1.29, 1.82) is 0 Å². The molecule has 0 aromatic rings. The molecule has 0 atom stereocenters. The predicted octanol–water partition coefficient (Wildman–Crippen LogP) is 3.57. The highest BCUT2D eigenvalue weighted by Gasteiger charge is 1.87. The van der Waals surface area contributed by atoms with E-state index in [1.165, 1.54) is 38.5 Å². The molecule has 0 aromatic carbocycles. The zero-order valence-corrected chi connectivity index (χ0v) is 7.66. The van der Waals surface area contributed by atoms with E-state index in [4.69, 9.17) is 0 Å². The maximum Gasteiger partial charge on any atom is 0.0198 e. The predicted molar refractivity (Wildman–Crippen MR) is 51.1 cm³/mol. The van der Waals surface area contributed by atoms with Crippen molar-refractivity contribution in [2.45, 2.75) is 51.9 Å². The van der Waals surface area contributed by atoms with Gasteiger partial charge in [-0.1, -0.05) is 39.0 Å². The molecule has 0 rings (SSSR count). The molecular weight excluding hydrogens is 132 g/mol. The van der Waals surface area contributed by atoms with Crippen LogP contribution in [-0.2, 0) is 0 Å². The number of hydrogen-bond acceptors (Lipinski definition) is 0. The van der Waals surface area contributed by atoms with E-state index in [1.807, 2.05) is 0 Å². The van der Waals surface area contributed by atoms with E-state index in [-0.39, 0.29) is 0 Å². The summed E-state index contributed by atoms with van der Waals surface area (Å²) in [6.45, 7) is 5.72. The first-order valence-electron chi connectivity index (χ1n) is 4.66. The second-order valence-electron chi connectivity index (χ2n) is 2.87. The van der Waals surface area contributed by atoms with Gasteiger partial charge in [0.1, 0.15) is 0 Å². The Kier molecular flexibility index (Phi) is 9.18. The summed E-state index contributed by atoms with van der Waals surface area (Å²) in [4.78, 5) is 0. The Balaban J connectivity index is 2.83. The van der Waals surface area contributed by atoms with Crippen LogP contribution in [0, 0.1) is 18.8 Å². The molecule has 0 aromatic heterocycles. The molecule has 0 heterocycles. The van der Waals surface area contributed by atoms with Gasteiger partial charge in [-0.15, -0.1) is 11.8 Å². The Morgan fingerprint density at radius 3 is 2.27 bits per heavy atom. The zero-order valence-electron chi connectivity index (χ0n) is 7.66. The van der Waals surface area contributed by atoms with Crippen molar-refractivity contribution < 1.29 is 0 Å². The van der Waals surface area contributed by atoms with Crippen LogP contribution in [0.2, 0.25) is 0 Å². The Morgan fingerprint density at radius 1 is 1.00 bits per heavy atom. The van der Waals surface area contributed by atoms with Crippen molar-refractivity contribution in [2.24, 2.45) is 0 Å². The first-order valence-corrected chi connectivity index (χ1v) is 4.66. The van der Waals surface area contributed by atoms with Crippen molar-refractivity contribution in [2.75, 3.05) is 0 Å². The van der Waals surface area contributed by atoms with Crippen LogP contribution in [0.4, 0.5) is 0 Å². The van der Waals surface area contributed by atoms with E-state index in [9.17, 15) is 0 Å². The maximum absolute atomic E-state index is 3.47. The molecule has 1 radical (unpaired) electrons. The monoisotopic (exact) mass is 151 g/mol. The van der Waals surface area contributed by atoms with Gasteiger partial charge in [0.05, 0.1) is 0 Å². The number of rotatable bonds is 6. The Morgan fingerprint density at radius 2 is 1.64 bits per heavy atom. The van der Waals surface area contributed by atoms with Crippen LogP contribution in [0.1, 0.15) is 51.9 Å². The van der Waals surface area contributed by atoms with Gasteiger partial charge >= 0.3 is 0 Å². The fourth-order valence-electron chi connectivity index (χ4n) is 1.08. The van der Waals surface area contributed by atoms with E-state index in [2.05, 4.69) is 25.7 Å². The first-order chi connectivity index (χ1) is 5.41.